The number of carboxylic acids is 1. The summed E-state index contributed by atoms with van der Waals surface area (Å²) in [7, 11) is 0. The van der Waals surface area contributed by atoms with E-state index in [4.69, 9.17) is 33.5 Å². The zero-order valence-corrected chi connectivity index (χ0v) is 30.1. The first kappa shape index (κ1) is 35.4. The molecule has 2 aromatic heterocycles. The van der Waals surface area contributed by atoms with Crippen molar-refractivity contribution in [3.8, 4) is 63.5 Å². The summed E-state index contributed by atoms with van der Waals surface area (Å²) in [5, 5.41) is 25.3. The number of fused-ring (bicyclic) bond motifs is 2. The lowest BCUT2D eigenvalue weighted by molar-refractivity contribution is 0.0696. The molecule has 3 heterocycles. The first-order chi connectivity index (χ1) is 27.2. The number of aromatic nitrogens is 3. The Bertz CT molecular complexity index is 2880. The summed E-state index contributed by atoms with van der Waals surface area (Å²) in [6.45, 7) is 0.187. The number of H-pyrrole nitrogens is 1. The Balaban J connectivity index is 1.06. The molecule has 1 aliphatic rings. The van der Waals surface area contributed by atoms with Gasteiger partial charge in [-0.05, 0) is 83.1 Å². The number of nitrogens with two attached hydrogens (primary N) is 1. The lowest BCUT2D eigenvalue weighted by Crippen LogP contribution is -2.24. The maximum atomic E-state index is 13.4. The van der Waals surface area contributed by atoms with Gasteiger partial charge in [-0.3, -0.25) is 9.78 Å². The zero-order valence-electron chi connectivity index (χ0n) is 29.4. The van der Waals surface area contributed by atoms with E-state index in [0.29, 0.717) is 56.2 Å². The summed E-state index contributed by atoms with van der Waals surface area (Å²) in [5.41, 5.74) is 12.9. The number of rotatable bonds is 8. The van der Waals surface area contributed by atoms with Crippen LogP contribution in [0.4, 0.5) is 5.69 Å². The van der Waals surface area contributed by atoms with E-state index in [-0.39, 0.29) is 28.4 Å². The van der Waals surface area contributed by atoms with E-state index in [1.807, 2.05) is 48.5 Å². The Kier molecular flexibility index (Phi) is 9.28. The lowest BCUT2D eigenvalue weighted by atomic mass is 9.88. The number of hydrogen-bond acceptors (Lipinski definition) is 7. The summed E-state index contributed by atoms with van der Waals surface area (Å²) < 4.78 is 6.20. The minimum Gasteiger partial charge on any atom is -0.506 e. The number of carboxylic acid groups (broad SMARTS) is 1. The van der Waals surface area contributed by atoms with Crippen LogP contribution in [0.15, 0.2) is 122 Å². The summed E-state index contributed by atoms with van der Waals surface area (Å²) in [5.74, 6) is 2.39. The molecule has 0 unspecified atom stereocenters. The number of phenolic OH excluding ortho intramolecular Hbond substituents is 1. The molecule has 0 aliphatic carbocycles. The van der Waals surface area contributed by atoms with Crippen LogP contribution >= 0.6 is 11.6 Å². The van der Waals surface area contributed by atoms with Crippen LogP contribution in [0.1, 0.15) is 37.4 Å². The van der Waals surface area contributed by atoms with Gasteiger partial charge in [-0.1, -0.05) is 60.0 Å². The number of aromatic hydroxyl groups is 1. The SMILES string of the molecule is C#C/C=c1\ccc2c(c1)Oc1cc(N)ccc1C=2c1ccc(C(=O)NCc2ccc(-c3nc(-c4ccc(Cl)c(O)c4)c(-c4ccncc4)[nH]3)cc2)cc1C(=O)O. The van der Waals surface area contributed by atoms with Gasteiger partial charge in [0, 0.05) is 69.3 Å². The van der Waals surface area contributed by atoms with Crippen molar-refractivity contribution < 1.29 is 24.5 Å². The van der Waals surface area contributed by atoms with E-state index in [1.165, 1.54) is 6.07 Å². The predicted molar refractivity (Wildman–Crippen MR) is 215 cm³/mol. The maximum absolute atomic E-state index is 13.4. The highest BCUT2D eigenvalue weighted by Gasteiger charge is 2.25. The molecule has 0 saturated carbocycles. The van der Waals surface area contributed by atoms with E-state index in [9.17, 15) is 19.8 Å². The number of imidazole rings is 1. The van der Waals surface area contributed by atoms with Crippen molar-refractivity contribution in [1.82, 2.24) is 20.3 Å². The van der Waals surface area contributed by atoms with Gasteiger partial charge >= 0.3 is 5.97 Å². The highest BCUT2D eigenvalue weighted by molar-refractivity contribution is 6.32. The number of nitrogens with one attached hydrogen (secondary N) is 2. The van der Waals surface area contributed by atoms with E-state index in [2.05, 4.69) is 21.2 Å². The average Bonchev–Trinajstić information content (AvgIpc) is 3.66. The number of nitrogens with zero attached hydrogens (tertiary/aromatic N) is 2. The van der Waals surface area contributed by atoms with Gasteiger partial charge in [-0.15, -0.1) is 6.42 Å². The van der Waals surface area contributed by atoms with Crippen molar-refractivity contribution in [3.05, 3.63) is 165 Å². The van der Waals surface area contributed by atoms with Crippen LogP contribution in [0.5, 0.6) is 17.2 Å². The number of benzene rings is 5. The standard InChI is InChI=1S/C45H30ClN5O5/c1-2-3-25-6-12-33-38(20-25)56-39-23-31(47)11-14-34(39)40(33)32-13-9-30(21-35(32)45(54)55)44(53)49-24-26-4-7-28(8-5-26)43-50-41(27-16-18-48-19-17-27)42(51-43)29-10-15-36(46)37(52)22-29/h1,3-23,52H,24,47H2,(H,49,53)(H,50,51)(H,54,55)/b25-3+. The number of aromatic amines is 1. The molecule has 7 aromatic rings. The number of aromatic carboxylic acids is 1. The molecule has 0 spiro atoms. The number of nitrogen functional groups attached to an aromatic ring is 1. The molecule has 0 atom stereocenters. The van der Waals surface area contributed by atoms with Gasteiger partial charge in [0.05, 0.1) is 22.0 Å². The third-order valence-electron chi connectivity index (χ3n) is 9.37. The minimum absolute atomic E-state index is 0.0499. The van der Waals surface area contributed by atoms with Crippen LogP contribution in [0, 0.1) is 12.3 Å². The fraction of sp³-hybridized carbons (Fsp3) is 0.0222. The first-order valence-corrected chi connectivity index (χ1v) is 17.7. The van der Waals surface area contributed by atoms with Crippen LogP contribution in [-0.4, -0.2) is 37.0 Å². The molecule has 272 valence electrons. The second-order valence-corrected chi connectivity index (χ2v) is 13.4. The van der Waals surface area contributed by atoms with Crippen molar-refractivity contribution in [2.75, 3.05) is 5.73 Å². The normalized spacial score (nSPS) is 11.9. The number of carbonyl (C=O) groups excluding carboxylic acids is 1. The molecule has 10 nitrogen and oxygen atoms in total. The third kappa shape index (κ3) is 6.82. The molecule has 5 aromatic carbocycles. The maximum Gasteiger partial charge on any atom is 0.336 e. The van der Waals surface area contributed by atoms with E-state index in [1.54, 1.807) is 73.1 Å². The second-order valence-electron chi connectivity index (χ2n) is 13.0. The van der Waals surface area contributed by atoms with Crippen LogP contribution in [0.3, 0.4) is 0 Å². The molecule has 0 bridgehead atoms. The van der Waals surface area contributed by atoms with Gasteiger partial charge in [0.1, 0.15) is 23.1 Å². The zero-order chi connectivity index (χ0) is 38.9. The van der Waals surface area contributed by atoms with Crippen molar-refractivity contribution >= 4 is 40.8 Å². The van der Waals surface area contributed by atoms with E-state index >= 15 is 0 Å². The molecule has 56 heavy (non-hydrogen) atoms. The molecular formula is C45H30ClN5O5. The second kappa shape index (κ2) is 14.7. The van der Waals surface area contributed by atoms with Crippen molar-refractivity contribution in [3.63, 3.8) is 0 Å². The summed E-state index contributed by atoms with van der Waals surface area (Å²) in [6, 6.07) is 31.5. The quantitative estimate of drug-likeness (QED) is 0.0807. The molecular weight excluding hydrogens is 726 g/mol. The van der Waals surface area contributed by atoms with Crippen molar-refractivity contribution in [2.24, 2.45) is 0 Å². The van der Waals surface area contributed by atoms with Gasteiger partial charge in [-0.25, -0.2) is 9.78 Å². The van der Waals surface area contributed by atoms with Crippen LogP contribution in [0.25, 0.3) is 45.6 Å². The number of ether oxygens (including phenoxy) is 1. The van der Waals surface area contributed by atoms with Crippen LogP contribution < -0.4 is 26.2 Å². The Hall–Kier alpha value is -7.61. The monoisotopic (exact) mass is 755 g/mol. The largest absolute Gasteiger partial charge is 0.506 e. The molecule has 0 saturated heterocycles. The number of hydrogen-bond donors (Lipinski definition) is 5. The van der Waals surface area contributed by atoms with E-state index < -0.39 is 11.9 Å². The Labute approximate surface area is 325 Å². The summed E-state index contributed by atoms with van der Waals surface area (Å²) >= 11 is 6.07. The van der Waals surface area contributed by atoms with Gasteiger partial charge in [-0.2, -0.15) is 0 Å². The molecule has 6 N–H and O–H groups in total. The third-order valence-corrected chi connectivity index (χ3v) is 9.69. The van der Waals surface area contributed by atoms with Gasteiger partial charge in [0.15, 0.2) is 0 Å². The fourth-order valence-corrected chi connectivity index (χ4v) is 6.77. The molecule has 11 heteroatoms. The highest BCUT2D eigenvalue weighted by Crippen LogP contribution is 2.39. The molecule has 0 fully saturated rings. The van der Waals surface area contributed by atoms with Crippen molar-refractivity contribution in [1.29, 1.82) is 0 Å². The first-order valence-electron chi connectivity index (χ1n) is 17.3. The number of phenols is 1. The topological polar surface area (TPSA) is 163 Å². The molecule has 8 rings (SSSR count). The van der Waals surface area contributed by atoms with Gasteiger partial charge in [0.2, 0.25) is 0 Å². The Morgan fingerprint density at radius 3 is 2.39 bits per heavy atom. The number of halogens is 1. The number of terminal acetylenes is 1. The van der Waals surface area contributed by atoms with Gasteiger partial charge < -0.3 is 31.0 Å². The number of amides is 1. The summed E-state index contributed by atoms with van der Waals surface area (Å²) in [6.07, 6.45) is 10.5. The Morgan fingerprint density at radius 2 is 1.64 bits per heavy atom. The average molecular weight is 756 g/mol. The predicted octanol–water partition coefficient (Wildman–Crippen LogP) is 7.14. The minimum atomic E-state index is -1.19. The number of carbonyl (C=O) groups is 2. The highest BCUT2D eigenvalue weighted by atomic mass is 35.5. The van der Waals surface area contributed by atoms with Crippen molar-refractivity contribution in [2.45, 2.75) is 6.54 Å². The van der Waals surface area contributed by atoms with Gasteiger partial charge in [0.25, 0.3) is 5.91 Å². The molecule has 1 amide bonds. The number of pyridine rings is 1. The van der Waals surface area contributed by atoms with Crippen LogP contribution in [0.2, 0.25) is 5.02 Å². The van der Waals surface area contributed by atoms with E-state index in [0.717, 1.165) is 27.6 Å². The molecule has 1 aliphatic heterocycles. The number of anilines is 1. The molecule has 0 radical (unpaired) electrons. The smallest absolute Gasteiger partial charge is 0.336 e. The summed E-state index contributed by atoms with van der Waals surface area (Å²) in [4.78, 5) is 38.6. The Morgan fingerprint density at radius 1 is 0.875 bits per heavy atom. The fourth-order valence-electron chi connectivity index (χ4n) is 6.65. The van der Waals surface area contributed by atoms with Crippen LogP contribution in [-0.2, 0) is 6.54 Å². The lowest BCUT2D eigenvalue weighted by Gasteiger charge is -2.22.